The predicted molar refractivity (Wildman–Crippen MR) is 77.2 cm³/mol. The van der Waals surface area contributed by atoms with Gasteiger partial charge in [0, 0.05) is 32.3 Å². The number of hydrogen-bond acceptors (Lipinski definition) is 4. The summed E-state index contributed by atoms with van der Waals surface area (Å²) in [7, 11) is 4.06. The van der Waals surface area contributed by atoms with E-state index in [0.717, 1.165) is 32.7 Å². The van der Waals surface area contributed by atoms with Gasteiger partial charge in [-0.3, -0.25) is 4.90 Å². The van der Waals surface area contributed by atoms with Crippen LogP contribution in [-0.2, 0) is 9.47 Å². The maximum absolute atomic E-state index is 6.13. The zero-order chi connectivity index (χ0) is 13.7. The van der Waals surface area contributed by atoms with Gasteiger partial charge in [-0.15, -0.1) is 0 Å². The molecule has 4 heteroatoms. The highest BCUT2D eigenvalue weighted by atomic mass is 16.5. The lowest BCUT2D eigenvalue weighted by Crippen LogP contribution is -2.57. The molecule has 112 valence electrons. The van der Waals surface area contributed by atoms with Crippen LogP contribution in [0.15, 0.2) is 0 Å². The third kappa shape index (κ3) is 3.69. The fourth-order valence-corrected chi connectivity index (χ4v) is 3.71. The molecule has 1 saturated carbocycles. The highest BCUT2D eigenvalue weighted by Gasteiger charge is 2.39. The smallest absolute Gasteiger partial charge is 0.0589 e. The monoisotopic (exact) mass is 270 g/mol. The fourth-order valence-electron chi connectivity index (χ4n) is 3.71. The topological polar surface area (TPSA) is 47.7 Å². The lowest BCUT2D eigenvalue weighted by Gasteiger charge is -2.47. The molecule has 2 rings (SSSR count). The Kier molecular flexibility index (Phi) is 5.63. The van der Waals surface area contributed by atoms with E-state index in [2.05, 4.69) is 11.9 Å². The average Bonchev–Trinajstić information content (AvgIpc) is 2.48. The second-order valence-corrected chi connectivity index (χ2v) is 6.35. The first-order chi connectivity index (χ1) is 9.20. The van der Waals surface area contributed by atoms with Gasteiger partial charge in [-0.2, -0.15) is 0 Å². The maximum atomic E-state index is 6.13. The normalized spacial score (nSPS) is 36.6. The summed E-state index contributed by atoms with van der Waals surface area (Å²) in [6.45, 7) is 3.69. The van der Waals surface area contributed by atoms with Gasteiger partial charge in [-0.1, -0.05) is 0 Å². The van der Waals surface area contributed by atoms with Gasteiger partial charge in [-0.25, -0.2) is 0 Å². The largest absolute Gasteiger partial charge is 0.381 e. The van der Waals surface area contributed by atoms with Crippen LogP contribution in [0.5, 0.6) is 0 Å². The van der Waals surface area contributed by atoms with Gasteiger partial charge in [0.15, 0.2) is 0 Å². The van der Waals surface area contributed by atoms with Crippen molar-refractivity contribution in [2.45, 2.75) is 50.2 Å². The van der Waals surface area contributed by atoms with Crippen LogP contribution in [0.1, 0.15) is 38.5 Å². The molecule has 3 atom stereocenters. The maximum Gasteiger partial charge on any atom is 0.0589 e. The van der Waals surface area contributed by atoms with Crippen molar-refractivity contribution in [3.8, 4) is 0 Å². The van der Waals surface area contributed by atoms with Crippen molar-refractivity contribution in [2.24, 2.45) is 11.7 Å². The predicted octanol–water partition coefficient (Wildman–Crippen LogP) is 1.63. The SMILES string of the molecule is COC1CCCC(CN)(N(C)CC2CCCOC2)C1. The van der Waals surface area contributed by atoms with E-state index in [4.69, 9.17) is 15.2 Å². The third-order valence-electron chi connectivity index (χ3n) is 5.09. The summed E-state index contributed by atoms with van der Waals surface area (Å²) in [6, 6.07) is 0. The molecule has 1 heterocycles. The molecule has 4 nitrogen and oxygen atoms in total. The second kappa shape index (κ2) is 7.02. The summed E-state index contributed by atoms with van der Waals surface area (Å²) < 4.78 is 11.2. The molecule has 2 fully saturated rings. The molecule has 19 heavy (non-hydrogen) atoms. The van der Waals surface area contributed by atoms with Crippen molar-refractivity contribution < 1.29 is 9.47 Å². The number of likely N-dealkylation sites (N-methyl/N-ethyl adjacent to an activating group) is 1. The van der Waals surface area contributed by atoms with Crippen LogP contribution in [0.25, 0.3) is 0 Å². The van der Waals surface area contributed by atoms with Gasteiger partial charge in [-0.05, 0) is 51.5 Å². The van der Waals surface area contributed by atoms with E-state index in [0.29, 0.717) is 12.0 Å². The van der Waals surface area contributed by atoms with Crippen LogP contribution < -0.4 is 5.73 Å². The van der Waals surface area contributed by atoms with Crippen LogP contribution in [0.3, 0.4) is 0 Å². The van der Waals surface area contributed by atoms with Crippen LogP contribution in [0.4, 0.5) is 0 Å². The molecule has 0 spiro atoms. The Morgan fingerprint density at radius 1 is 1.37 bits per heavy atom. The summed E-state index contributed by atoms with van der Waals surface area (Å²) in [5, 5.41) is 0. The van der Waals surface area contributed by atoms with Gasteiger partial charge in [0.2, 0.25) is 0 Å². The molecule has 0 radical (unpaired) electrons. The molecular formula is C15H30N2O2. The molecule has 3 unspecified atom stereocenters. The van der Waals surface area contributed by atoms with Gasteiger partial charge < -0.3 is 15.2 Å². The summed E-state index contributed by atoms with van der Waals surface area (Å²) in [4.78, 5) is 2.50. The van der Waals surface area contributed by atoms with Gasteiger partial charge in [0.25, 0.3) is 0 Å². The first-order valence-electron chi connectivity index (χ1n) is 7.72. The van der Waals surface area contributed by atoms with Gasteiger partial charge in [0.05, 0.1) is 12.7 Å². The highest BCUT2D eigenvalue weighted by Crippen LogP contribution is 2.34. The highest BCUT2D eigenvalue weighted by molar-refractivity contribution is 4.96. The number of methoxy groups -OCH3 is 1. The van der Waals surface area contributed by atoms with Crippen molar-refractivity contribution in [2.75, 3.05) is 40.5 Å². The van der Waals surface area contributed by atoms with Crippen LogP contribution in [0.2, 0.25) is 0 Å². The van der Waals surface area contributed by atoms with E-state index in [1.54, 1.807) is 0 Å². The number of rotatable bonds is 5. The number of nitrogens with two attached hydrogens (primary N) is 1. The lowest BCUT2D eigenvalue weighted by molar-refractivity contribution is -0.0299. The lowest BCUT2D eigenvalue weighted by atomic mass is 9.78. The molecule has 0 aromatic heterocycles. The molecular weight excluding hydrogens is 240 g/mol. The first kappa shape index (κ1) is 15.2. The second-order valence-electron chi connectivity index (χ2n) is 6.35. The standard InChI is InChI=1S/C15H30N2O2/c1-17(10-13-5-4-8-19-11-13)15(12-16)7-3-6-14(9-15)18-2/h13-14H,3-12,16H2,1-2H3. The summed E-state index contributed by atoms with van der Waals surface area (Å²) in [6.07, 6.45) is 7.55. The van der Waals surface area contributed by atoms with Crippen LogP contribution in [0, 0.1) is 5.92 Å². The van der Waals surface area contributed by atoms with E-state index in [1.807, 2.05) is 7.11 Å². The molecule has 0 aromatic carbocycles. The molecule has 1 aliphatic heterocycles. The number of hydrogen-bond donors (Lipinski definition) is 1. The molecule has 0 bridgehead atoms. The molecule has 0 aromatic rings. The van der Waals surface area contributed by atoms with Crippen LogP contribution >= 0.6 is 0 Å². The summed E-state index contributed by atoms with van der Waals surface area (Å²) in [5.41, 5.74) is 6.27. The Morgan fingerprint density at radius 3 is 2.84 bits per heavy atom. The van der Waals surface area contributed by atoms with Gasteiger partial charge >= 0.3 is 0 Å². The zero-order valence-electron chi connectivity index (χ0n) is 12.6. The van der Waals surface area contributed by atoms with Crippen molar-refractivity contribution >= 4 is 0 Å². The third-order valence-corrected chi connectivity index (χ3v) is 5.09. The summed E-state index contributed by atoms with van der Waals surface area (Å²) >= 11 is 0. The molecule has 1 aliphatic carbocycles. The number of nitrogens with zero attached hydrogens (tertiary/aromatic N) is 1. The van der Waals surface area contributed by atoms with Crippen molar-refractivity contribution in [3.63, 3.8) is 0 Å². The zero-order valence-corrected chi connectivity index (χ0v) is 12.6. The Labute approximate surface area is 117 Å². The Hall–Kier alpha value is -0.160. The van der Waals surface area contributed by atoms with E-state index >= 15 is 0 Å². The molecule has 1 saturated heterocycles. The van der Waals surface area contributed by atoms with E-state index < -0.39 is 0 Å². The molecule has 2 aliphatic rings. The minimum absolute atomic E-state index is 0.135. The Balaban J connectivity index is 1.94. The average molecular weight is 270 g/mol. The Morgan fingerprint density at radius 2 is 2.21 bits per heavy atom. The van der Waals surface area contributed by atoms with Gasteiger partial charge in [0.1, 0.15) is 0 Å². The Bertz CT molecular complexity index is 269. The van der Waals surface area contributed by atoms with Crippen molar-refractivity contribution in [1.82, 2.24) is 4.90 Å². The first-order valence-corrected chi connectivity index (χ1v) is 7.72. The minimum Gasteiger partial charge on any atom is -0.381 e. The summed E-state index contributed by atoms with van der Waals surface area (Å²) in [5.74, 6) is 0.671. The minimum atomic E-state index is 0.135. The van der Waals surface area contributed by atoms with Crippen LogP contribution in [-0.4, -0.2) is 57.0 Å². The molecule has 2 N–H and O–H groups in total. The van der Waals surface area contributed by atoms with E-state index in [-0.39, 0.29) is 5.54 Å². The fraction of sp³-hybridized carbons (Fsp3) is 1.00. The number of ether oxygens (including phenoxy) is 2. The molecule has 0 amide bonds. The van der Waals surface area contributed by atoms with E-state index in [1.165, 1.54) is 32.1 Å². The quantitative estimate of drug-likeness (QED) is 0.825. The van der Waals surface area contributed by atoms with Crippen molar-refractivity contribution in [1.29, 1.82) is 0 Å². The van der Waals surface area contributed by atoms with E-state index in [9.17, 15) is 0 Å². The van der Waals surface area contributed by atoms with Crippen molar-refractivity contribution in [3.05, 3.63) is 0 Å².